The van der Waals surface area contributed by atoms with Gasteiger partial charge in [-0.2, -0.15) is 0 Å². The summed E-state index contributed by atoms with van der Waals surface area (Å²) in [7, 11) is -3.87. The highest BCUT2D eigenvalue weighted by molar-refractivity contribution is 7.92. The summed E-state index contributed by atoms with van der Waals surface area (Å²) in [5.41, 5.74) is 1.07. The number of ether oxygens (including phenoxy) is 1. The minimum atomic E-state index is -3.87. The van der Waals surface area contributed by atoms with Crippen LogP contribution in [0.5, 0.6) is 0 Å². The van der Waals surface area contributed by atoms with Crippen LogP contribution in [-0.4, -0.2) is 21.0 Å². The van der Waals surface area contributed by atoms with E-state index in [0.29, 0.717) is 12.3 Å². The molecule has 128 valence electrons. The van der Waals surface area contributed by atoms with Crippen LogP contribution in [0, 0.1) is 0 Å². The first-order chi connectivity index (χ1) is 11.3. The normalized spacial score (nSPS) is 11.1. The van der Waals surface area contributed by atoms with Crippen LogP contribution in [0.2, 0.25) is 10.0 Å². The SMILES string of the molecule is CCOC(=O)Cc1ccc(NS(=O)(=O)c2cc(Cl)ccc2Cl)cc1. The summed E-state index contributed by atoms with van der Waals surface area (Å²) in [4.78, 5) is 11.3. The highest BCUT2D eigenvalue weighted by Gasteiger charge is 2.18. The monoisotopic (exact) mass is 387 g/mol. The Bertz CT molecular complexity index is 836. The van der Waals surface area contributed by atoms with Crippen molar-refractivity contribution in [2.45, 2.75) is 18.2 Å². The van der Waals surface area contributed by atoms with Crippen LogP contribution >= 0.6 is 23.2 Å². The predicted molar refractivity (Wildman–Crippen MR) is 94.0 cm³/mol. The van der Waals surface area contributed by atoms with Gasteiger partial charge in [-0.3, -0.25) is 9.52 Å². The van der Waals surface area contributed by atoms with Crippen LogP contribution in [0.25, 0.3) is 0 Å². The molecule has 0 aliphatic heterocycles. The van der Waals surface area contributed by atoms with Crippen molar-refractivity contribution in [3.05, 3.63) is 58.1 Å². The highest BCUT2D eigenvalue weighted by Crippen LogP contribution is 2.26. The molecule has 0 spiro atoms. The molecule has 0 aliphatic carbocycles. The number of nitrogens with one attached hydrogen (secondary N) is 1. The molecule has 8 heteroatoms. The lowest BCUT2D eigenvalue weighted by Crippen LogP contribution is -2.13. The average molecular weight is 388 g/mol. The van der Waals surface area contributed by atoms with E-state index in [1.165, 1.54) is 18.2 Å². The number of hydrogen-bond acceptors (Lipinski definition) is 4. The zero-order chi connectivity index (χ0) is 17.7. The van der Waals surface area contributed by atoms with Crippen molar-refractivity contribution in [1.82, 2.24) is 0 Å². The van der Waals surface area contributed by atoms with Gasteiger partial charge in [0.05, 0.1) is 18.1 Å². The zero-order valence-electron chi connectivity index (χ0n) is 12.8. The maximum Gasteiger partial charge on any atom is 0.310 e. The van der Waals surface area contributed by atoms with E-state index in [4.69, 9.17) is 27.9 Å². The standard InChI is InChI=1S/C16H15Cl2NO4S/c1-2-23-16(20)9-11-3-6-13(7-4-11)19-24(21,22)15-10-12(17)5-8-14(15)18/h3-8,10,19H,2,9H2,1H3. The second-order valence-corrected chi connectivity index (χ2v) is 7.35. The Morgan fingerprint density at radius 1 is 1.12 bits per heavy atom. The summed E-state index contributed by atoms with van der Waals surface area (Å²) in [6.45, 7) is 2.05. The summed E-state index contributed by atoms with van der Waals surface area (Å²) in [6.07, 6.45) is 0.126. The Kier molecular flexibility index (Phi) is 6.10. The number of anilines is 1. The molecule has 2 rings (SSSR count). The summed E-state index contributed by atoms with van der Waals surface area (Å²) >= 11 is 11.8. The smallest absolute Gasteiger partial charge is 0.310 e. The summed E-state index contributed by atoms with van der Waals surface area (Å²) in [5, 5.41) is 0.343. The number of esters is 1. The Morgan fingerprint density at radius 3 is 2.42 bits per heavy atom. The minimum absolute atomic E-state index is 0.0748. The van der Waals surface area contributed by atoms with E-state index in [9.17, 15) is 13.2 Å². The molecular weight excluding hydrogens is 373 g/mol. The fraction of sp³-hybridized carbons (Fsp3) is 0.188. The molecule has 0 fully saturated rings. The van der Waals surface area contributed by atoms with Gasteiger partial charge >= 0.3 is 5.97 Å². The molecule has 0 amide bonds. The van der Waals surface area contributed by atoms with E-state index in [1.807, 2.05) is 0 Å². The van der Waals surface area contributed by atoms with Gasteiger partial charge in [0.2, 0.25) is 0 Å². The third-order valence-electron chi connectivity index (χ3n) is 3.04. The topological polar surface area (TPSA) is 72.5 Å². The molecule has 2 aromatic carbocycles. The van der Waals surface area contributed by atoms with Crippen LogP contribution in [0.15, 0.2) is 47.4 Å². The van der Waals surface area contributed by atoms with Gasteiger partial charge in [0.1, 0.15) is 4.90 Å². The molecule has 24 heavy (non-hydrogen) atoms. The van der Waals surface area contributed by atoms with E-state index < -0.39 is 10.0 Å². The van der Waals surface area contributed by atoms with Crippen molar-refractivity contribution in [2.75, 3.05) is 11.3 Å². The van der Waals surface area contributed by atoms with E-state index in [1.54, 1.807) is 31.2 Å². The number of halogens is 2. The van der Waals surface area contributed by atoms with Gasteiger partial charge in [0.15, 0.2) is 0 Å². The molecule has 0 heterocycles. The largest absolute Gasteiger partial charge is 0.466 e. The molecule has 2 aromatic rings. The molecule has 0 aromatic heterocycles. The number of hydrogen-bond donors (Lipinski definition) is 1. The molecule has 0 unspecified atom stereocenters. The fourth-order valence-electron chi connectivity index (χ4n) is 1.96. The number of rotatable bonds is 6. The van der Waals surface area contributed by atoms with E-state index >= 15 is 0 Å². The Balaban J connectivity index is 2.15. The van der Waals surface area contributed by atoms with Gasteiger partial charge < -0.3 is 4.74 Å². The molecule has 0 saturated heterocycles. The Morgan fingerprint density at radius 2 is 1.79 bits per heavy atom. The van der Waals surface area contributed by atoms with Gasteiger partial charge in [0, 0.05) is 10.7 Å². The van der Waals surface area contributed by atoms with E-state index in [0.717, 1.165) is 5.56 Å². The summed E-state index contributed by atoms with van der Waals surface area (Å²) < 4.78 is 32.1. The van der Waals surface area contributed by atoms with Crippen molar-refractivity contribution in [3.63, 3.8) is 0 Å². The minimum Gasteiger partial charge on any atom is -0.466 e. The predicted octanol–water partition coefficient (Wildman–Crippen LogP) is 3.90. The molecular formula is C16H15Cl2NO4S. The van der Waals surface area contributed by atoms with Crippen LogP contribution in [-0.2, 0) is 26.0 Å². The maximum absolute atomic E-state index is 12.4. The molecule has 0 atom stereocenters. The summed E-state index contributed by atoms with van der Waals surface area (Å²) in [6, 6.07) is 10.6. The number of benzene rings is 2. The fourth-order valence-corrected chi connectivity index (χ4v) is 3.78. The zero-order valence-corrected chi connectivity index (χ0v) is 15.1. The Labute approximate surface area is 150 Å². The second-order valence-electron chi connectivity index (χ2n) is 4.86. The molecule has 5 nitrogen and oxygen atoms in total. The first-order valence-electron chi connectivity index (χ1n) is 7.04. The number of carbonyl (C=O) groups excluding carboxylic acids is 1. The van der Waals surface area contributed by atoms with Crippen LogP contribution in [0.1, 0.15) is 12.5 Å². The van der Waals surface area contributed by atoms with E-state index in [2.05, 4.69) is 4.72 Å². The van der Waals surface area contributed by atoms with E-state index in [-0.39, 0.29) is 27.3 Å². The maximum atomic E-state index is 12.4. The van der Waals surface area contributed by atoms with Crippen molar-refractivity contribution in [3.8, 4) is 0 Å². The van der Waals surface area contributed by atoms with Crippen molar-refractivity contribution in [2.24, 2.45) is 0 Å². The molecule has 0 aliphatic rings. The van der Waals surface area contributed by atoms with Gasteiger partial charge in [-0.25, -0.2) is 8.42 Å². The lowest BCUT2D eigenvalue weighted by molar-refractivity contribution is -0.142. The van der Waals surface area contributed by atoms with Gasteiger partial charge in [0.25, 0.3) is 10.0 Å². The van der Waals surface area contributed by atoms with Crippen LogP contribution in [0.3, 0.4) is 0 Å². The lowest BCUT2D eigenvalue weighted by Gasteiger charge is -2.10. The Hall–Kier alpha value is -1.76. The highest BCUT2D eigenvalue weighted by atomic mass is 35.5. The van der Waals surface area contributed by atoms with Crippen LogP contribution in [0.4, 0.5) is 5.69 Å². The number of sulfonamides is 1. The molecule has 0 radical (unpaired) electrons. The number of carbonyl (C=O) groups is 1. The first-order valence-corrected chi connectivity index (χ1v) is 9.28. The van der Waals surface area contributed by atoms with Crippen LogP contribution < -0.4 is 4.72 Å². The molecule has 1 N–H and O–H groups in total. The molecule has 0 saturated carbocycles. The first kappa shape index (κ1) is 18.6. The van der Waals surface area contributed by atoms with Crippen molar-refractivity contribution in [1.29, 1.82) is 0 Å². The van der Waals surface area contributed by atoms with Gasteiger partial charge in [-0.05, 0) is 42.8 Å². The third-order valence-corrected chi connectivity index (χ3v) is 5.14. The quantitative estimate of drug-likeness (QED) is 0.762. The third kappa shape index (κ3) is 4.87. The van der Waals surface area contributed by atoms with Crippen molar-refractivity contribution < 1.29 is 17.9 Å². The second kappa shape index (κ2) is 7.88. The molecule has 0 bridgehead atoms. The lowest BCUT2D eigenvalue weighted by atomic mass is 10.1. The van der Waals surface area contributed by atoms with Gasteiger partial charge in [-0.15, -0.1) is 0 Å². The van der Waals surface area contributed by atoms with Crippen molar-refractivity contribution >= 4 is 44.9 Å². The summed E-state index contributed by atoms with van der Waals surface area (Å²) in [5.74, 6) is -0.337. The average Bonchev–Trinajstić information content (AvgIpc) is 2.51. The van der Waals surface area contributed by atoms with Gasteiger partial charge in [-0.1, -0.05) is 35.3 Å².